The third kappa shape index (κ3) is 5.02. The molecule has 0 aliphatic heterocycles. The number of rotatable bonds is 6. The van der Waals surface area contributed by atoms with Crippen LogP contribution >= 0.6 is 11.6 Å². The van der Waals surface area contributed by atoms with E-state index in [4.69, 9.17) is 16.3 Å². The van der Waals surface area contributed by atoms with Crippen molar-refractivity contribution < 1.29 is 19.7 Å². The Hall–Kier alpha value is -3.51. The molecule has 0 unspecified atom stereocenters. The molecule has 0 fully saturated rings. The summed E-state index contributed by atoms with van der Waals surface area (Å²) in [6.07, 6.45) is 1.44. The third-order valence-electron chi connectivity index (χ3n) is 3.81. The number of carbonyl (C=O) groups is 1. The summed E-state index contributed by atoms with van der Waals surface area (Å²) < 4.78 is 5.74. The zero-order valence-corrected chi connectivity index (χ0v) is 15.4. The first kappa shape index (κ1) is 19.3. The lowest BCUT2D eigenvalue weighted by Crippen LogP contribution is -2.17. The van der Waals surface area contributed by atoms with Gasteiger partial charge in [-0.25, -0.2) is 5.43 Å². The molecule has 0 bridgehead atoms. The summed E-state index contributed by atoms with van der Waals surface area (Å²) in [6, 6.07) is 18.3. The molecule has 0 saturated carbocycles. The fourth-order valence-electron chi connectivity index (χ4n) is 2.39. The van der Waals surface area contributed by atoms with E-state index < -0.39 is 5.91 Å². The van der Waals surface area contributed by atoms with Crippen molar-refractivity contribution in [3.05, 3.63) is 88.4 Å². The van der Waals surface area contributed by atoms with Gasteiger partial charge in [-0.1, -0.05) is 41.9 Å². The standard InChI is InChI=1S/C21H17ClN2O4/c22-19-7-2-1-5-15(19)13-28-17-6-3-4-14(10-17)12-23-24-21(27)18-11-16(25)8-9-20(18)26/h1-12,25-26H,13H2,(H,24,27). The maximum atomic E-state index is 12.0. The topological polar surface area (TPSA) is 91.2 Å². The molecular weight excluding hydrogens is 380 g/mol. The molecule has 0 heterocycles. The molecule has 0 aliphatic carbocycles. The molecule has 0 aliphatic rings. The van der Waals surface area contributed by atoms with Gasteiger partial charge in [0.05, 0.1) is 11.8 Å². The first-order valence-electron chi connectivity index (χ1n) is 8.34. The zero-order chi connectivity index (χ0) is 19.9. The molecule has 6 nitrogen and oxygen atoms in total. The first-order chi connectivity index (χ1) is 13.5. The predicted molar refractivity (Wildman–Crippen MR) is 107 cm³/mol. The quantitative estimate of drug-likeness (QED) is 0.332. The van der Waals surface area contributed by atoms with Crippen LogP contribution < -0.4 is 10.2 Å². The van der Waals surface area contributed by atoms with E-state index in [0.717, 1.165) is 11.6 Å². The van der Waals surface area contributed by atoms with Crippen molar-refractivity contribution in [2.75, 3.05) is 0 Å². The number of phenolic OH excluding ortho intramolecular Hbond substituents is 2. The van der Waals surface area contributed by atoms with Gasteiger partial charge in [0.25, 0.3) is 5.91 Å². The van der Waals surface area contributed by atoms with Crippen LogP contribution in [0.3, 0.4) is 0 Å². The van der Waals surface area contributed by atoms with Crippen molar-refractivity contribution in [1.29, 1.82) is 0 Å². The molecule has 0 spiro atoms. The minimum Gasteiger partial charge on any atom is -0.508 e. The molecule has 0 saturated heterocycles. The highest BCUT2D eigenvalue weighted by Gasteiger charge is 2.11. The number of carbonyl (C=O) groups excluding carboxylic acids is 1. The van der Waals surface area contributed by atoms with Gasteiger partial charge in [-0.2, -0.15) is 5.10 Å². The lowest BCUT2D eigenvalue weighted by atomic mass is 10.2. The third-order valence-corrected chi connectivity index (χ3v) is 4.18. The maximum absolute atomic E-state index is 12.0. The molecule has 28 heavy (non-hydrogen) atoms. The highest BCUT2D eigenvalue weighted by Crippen LogP contribution is 2.22. The van der Waals surface area contributed by atoms with Gasteiger partial charge in [0, 0.05) is 10.6 Å². The summed E-state index contributed by atoms with van der Waals surface area (Å²) in [7, 11) is 0. The zero-order valence-electron chi connectivity index (χ0n) is 14.7. The van der Waals surface area contributed by atoms with E-state index in [2.05, 4.69) is 10.5 Å². The van der Waals surface area contributed by atoms with Crippen LogP contribution in [0.4, 0.5) is 0 Å². The van der Waals surface area contributed by atoms with Crippen molar-refractivity contribution in [3.8, 4) is 17.2 Å². The Labute approximate surface area is 166 Å². The Balaban J connectivity index is 1.61. The van der Waals surface area contributed by atoms with Gasteiger partial charge in [0.1, 0.15) is 23.9 Å². The van der Waals surface area contributed by atoms with E-state index >= 15 is 0 Å². The molecule has 3 aromatic rings. The molecule has 3 rings (SSSR count). The normalized spacial score (nSPS) is 10.8. The van der Waals surface area contributed by atoms with Gasteiger partial charge < -0.3 is 14.9 Å². The Morgan fingerprint density at radius 1 is 1.07 bits per heavy atom. The molecule has 3 aromatic carbocycles. The number of aromatic hydroxyl groups is 2. The van der Waals surface area contributed by atoms with E-state index in [1.165, 1.54) is 18.3 Å². The molecule has 142 valence electrons. The van der Waals surface area contributed by atoms with Crippen LogP contribution in [0.25, 0.3) is 0 Å². The minimum absolute atomic E-state index is 0.0750. The van der Waals surface area contributed by atoms with Gasteiger partial charge in [0.15, 0.2) is 0 Å². The average molecular weight is 397 g/mol. The van der Waals surface area contributed by atoms with E-state index in [0.29, 0.717) is 22.9 Å². The second-order valence-corrected chi connectivity index (χ2v) is 6.26. The SMILES string of the molecule is O=C(NN=Cc1cccc(OCc2ccccc2Cl)c1)c1cc(O)ccc1O. The van der Waals surface area contributed by atoms with Crippen LogP contribution in [0.2, 0.25) is 5.02 Å². The predicted octanol–water partition coefficient (Wildman–Crippen LogP) is 4.09. The summed E-state index contributed by atoms with van der Waals surface area (Å²) in [5.41, 5.74) is 3.81. The fourth-order valence-corrected chi connectivity index (χ4v) is 2.58. The van der Waals surface area contributed by atoms with Crippen molar-refractivity contribution in [2.45, 2.75) is 6.61 Å². The van der Waals surface area contributed by atoms with Crippen LogP contribution in [0, 0.1) is 0 Å². The van der Waals surface area contributed by atoms with E-state index in [1.807, 2.05) is 18.2 Å². The molecular formula is C21H17ClN2O4. The summed E-state index contributed by atoms with van der Waals surface area (Å²) in [6.45, 7) is 0.327. The second kappa shape index (κ2) is 8.92. The van der Waals surface area contributed by atoms with Crippen molar-refractivity contribution in [1.82, 2.24) is 5.43 Å². The van der Waals surface area contributed by atoms with Crippen LogP contribution in [-0.2, 0) is 6.61 Å². The van der Waals surface area contributed by atoms with Gasteiger partial charge in [0.2, 0.25) is 0 Å². The van der Waals surface area contributed by atoms with Crippen LogP contribution in [0.15, 0.2) is 71.8 Å². The smallest absolute Gasteiger partial charge is 0.275 e. The van der Waals surface area contributed by atoms with Crippen molar-refractivity contribution >= 4 is 23.7 Å². The van der Waals surface area contributed by atoms with Crippen molar-refractivity contribution in [2.24, 2.45) is 5.10 Å². The van der Waals surface area contributed by atoms with Gasteiger partial charge in [-0.3, -0.25) is 4.79 Å². The van der Waals surface area contributed by atoms with Crippen LogP contribution in [-0.4, -0.2) is 22.3 Å². The maximum Gasteiger partial charge on any atom is 0.275 e. The number of ether oxygens (including phenoxy) is 1. The van der Waals surface area contributed by atoms with Gasteiger partial charge >= 0.3 is 0 Å². The summed E-state index contributed by atoms with van der Waals surface area (Å²) in [4.78, 5) is 12.0. The highest BCUT2D eigenvalue weighted by atomic mass is 35.5. The number of hydrazone groups is 1. The number of hydrogen-bond acceptors (Lipinski definition) is 5. The average Bonchev–Trinajstić information content (AvgIpc) is 2.69. The van der Waals surface area contributed by atoms with Gasteiger partial charge in [-0.15, -0.1) is 0 Å². The fraction of sp³-hybridized carbons (Fsp3) is 0.0476. The van der Waals surface area contributed by atoms with E-state index in [-0.39, 0.29) is 17.1 Å². The Kier molecular flexibility index (Phi) is 6.14. The van der Waals surface area contributed by atoms with Gasteiger partial charge in [-0.05, 0) is 42.0 Å². The number of nitrogens with zero attached hydrogens (tertiary/aromatic N) is 1. The number of nitrogens with one attached hydrogen (secondary N) is 1. The Bertz CT molecular complexity index is 1020. The number of phenols is 2. The summed E-state index contributed by atoms with van der Waals surface area (Å²) >= 11 is 6.12. The van der Waals surface area contributed by atoms with Crippen LogP contribution in [0.1, 0.15) is 21.5 Å². The largest absolute Gasteiger partial charge is 0.508 e. The Morgan fingerprint density at radius 2 is 1.89 bits per heavy atom. The van der Waals surface area contributed by atoms with E-state index in [9.17, 15) is 15.0 Å². The molecule has 3 N–H and O–H groups in total. The van der Waals surface area contributed by atoms with Crippen molar-refractivity contribution in [3.63, 3.8) is 0 Å². The number of hydrogen-bond donors (Lipinski definition) is 3. The molecule has 0 aromatic heterocycles. The van der Waals surface area contributed by atoms with E-state index in [1.54, 1.807) is 30.3 Å². The number of amides is 1. The Morgan fingerprint density at radius 3 is 2.71 bits per heavy atom. The molecule has 0 atom stereocenters. The number of benzene rings is 3. The minimum atomic E-state index is -0.643. The lowest BCUT2D eigenvalue weighted by molar-refractivity contribution is 0.0952. The molecule has 1 amide bonds. The molecule has 7 heteroatoms. The number of halogens is 1. The highest BCUT2D eigenvalue weighted by molar-refractivity contribution is 6.31. The molecule has 0 radical (unpaired) electrons. The second-order valence-electron chi connectivity index (χ2n) is 5.85. The first-order valence-corrected chi connectivity index (χ1v) is 8.72. The van der Waals surface area contributed by atoms with Crippen LogP contribution in [0.5, 0.6) is 17.2 Å². The monoisotopic (exact) mass is 396 g/mol. The summed E-state index contributed by atoms with van der Waals surface area (Å²) in [5.74, 6) is -0.396. The summed E-state index contributed by atoms with van der Waals surface area (Å²) in [5, 5.41) is 23.6. The lowest BCUT2D eigenvalue weighted by Gasteiger charge is -2.08.